The number of piperidine rings is 1. The number of nitrogens with zero attached hydrogens (tertiary/aromatic N) is 1. The molecule has 32 heavy (non-hydrogen) atoms. The lowest BCUT2D eigenvalue weighted by molar-refractivity contribution is -0.132. The summed E-state index contributed by atoms with van der Waals surface area (Å²) in [4.78, 5) is 14.9. The highest BCUT2D eigenvalue weighted by molar-refractivity contribution is 5.76. The average molecular weight is 442 g/mol. The van der Waals surface area contributed by atoms with Gasteiger partial charge in [-0.2, -0.15) is 0 Å². The van der Waals surface area contributed by atoms with Crippen molar-refractivity contribution in [2.75, 3.05) is 13.1 Å². The van der Waals surface area contributed by atoms with Crippen molar-refractivity contribution in [1.82, 2.24) is 4.90 Å². The van der Waals surface area contributed by atoms with Gasteiger partial charge in [0.15, 0.2) is 0 Å². The van der Waals surface area contributed by atoms with Gasteiger partial charge in [-0.15, -0.1) is 0 Å². The molecular weight excluding hydrogens is 394 g/mol. The van der Waals surface area contributed by atoms with Crippen molar-refractivity contribution in [3.05, 3.63) is 11.6 Å². The summed E-state index contributed by atoms with van der Waals surface area (Å²) in [6.07, 6.45) is 17.8. The molecule has 0 radical (unpaired) electrons. The number of aliphatic hydroxyl groups excluding tert-OH is 1. The van der Waals surface area contributed by atoms with Gasteiger partial charge < -0.3 is 10.0 Å². The molecular formula is C29H47NO2. The van der Waals surface area contributed by atoms with E-state index in [1.807, 2.05) is 0 Å². The van der Waals surface area contributed by atoms with Crippen molar-refractivity contribution in [1.29, 1.82) is 0 Å². The molecule has 4 aliphatic carbocycles. The number of carbonyl (C=O) groups excluding carboxylic acids is 1. The Morgan fingerprint density at radius 2 is 1.88 bits per heavy atom. The van der Waals surface area contributed by atoms with Crippen LogP contribution in [0.15, 0.2) is 11.6 Å². The van der Waals surface area contributed by atoms with E-state index >= 15 is 0 Å². The van der Waals surface area contributed by atoms with Gasteiger partial charge in [-0.05, 0) is 117 Å². The van der Waals surface area contributed by atoms with Crippen molar-refractivity contribution in [3.8, 4) is 0 Å². The molecule has 1 aliphatic heterocycles. The maximum absolute atomic E-state index is 12.8. The number of allylic oxidation sites excluding steroid dienone is 1. The normalized spacial score (nSPS) is 44.8. The van der Waals surface area contributed by atoms with Gasteiger partial charge in [0.2, 0.25) is 5.91 Å². The van der Waals surface area contributed by atoms with E-state index in [-0.39, 0.29) is 6.10 Å². The van der Waals surface area contributed by atoms with Crippen molar-refractivity contribution >= 4 is 5.91 Å². The molecule has 8 atom stereocenters. The predicted molar refractivity (Wildman–Crippen MR) is 130 cm³/mol. The third-order valence-electron chi connectivity index (χ3n) is 11.4. The van der Waals surface area contributed by atoms with Gasteiger partial charge in [-0.1, -0.05) is 32.4 Å². The zero-order valence-corrected chi connectivity index (χ0v) is 21.0. The van der Waals surface area contributed by atoms with Crippen LogP contribution in [0.1, 0.15) is 104 Å². The molecule has 5 rings (SSSR count). The van der Waals surface area contributed by atoms with E-state index in [9.17, 15) is 9.90 Å². The largest absolute Gasteiger partial charge is 0.393 e. The minimum atomic E-state index is -0.107. The SMILES string of the molecule is CC(CCC(=O)N1CCCCC1)[C@H]1CC[C@H]2[C@@H]3CC=C4C[C@@H](O)CC[C@]4(C)[C@H]3CC[C@]12C. The maximum atomic E-state index is 12.8. The van der Waals surface area contributed by atoms with Crippen LogP contribution in [0, 0.1) is 40.4 Å². The fraction of sp³-hybridized carbons (Fsp3) is 0.897. The second-order valence-electron chi connectivity index (χ2n) is 12.8. The first kappa shape index (κ1) is 22.9. The van der Waals surface area contributed by atoms with Gasteiger partial charge >= 0.3 is 0 Å². The molecule has 0 aromatic heterocycles. The first-order chi connectivity index (χ1) is 15.3. The number of amides is 1. The molecule has 5 aliphatic rings. The topological polar surface area (TPSA) is 40.5 Å². The number of hydrogen-bond acceptors (Lipinski definition) is 2. The third kappa shape index (κ3) is 3.79. The van der Waals surface area contributed by atoms with E-state index in [2.05, 4.69) is 31.7 Å². The fourth-order valence-corrected chi connectivity index (χ4v) is 9.47. The maximum Gasteiger partial charge on any atom is 0.222 e. The number of fused-ring (bicyclic) bond motifs is 5. The van der Waals surface area contributed by atoms with Gasteiger partial charge in [0.25, 0.3) is 0 Å². The van der Waals surface area contributed by atoms with Gasteiger partial charge in [0.05, 0.1) is 6.10 Å². The summed E-state index contributed by atoms with van der Waals surface area (Å²) in [5.41, 5.74) is 2.39. The molecule has 1 saturated heterocycles. The van der Waals surface area contributed by atoms with Crippen LogP contribution in [0.4, 0.5) is 0 Å². The lowest BCUT2D eigenvalue weighted by Crippen LogP contribution is -2.50. The first-order valence-corrected chi connectivity index (χ1v) is 14.0. The van der Waals surface area contributed by atoms with E-state index in [1.54, 1.807) is 5.57 Å². The summed E-state index contributed by atoms with van der Waals surface area (Å²) in [6, 6.07) is 0. The molecule has 3 saturated carbocycles. The molecule has 4 fully saturated rings. The van der Waals surface area contributed by atoms with Gasteiger partial charge in [-0.3, -0.25) is 4.79 Å². The predicted octanol–water partition coefficient (Wildman–Crippen LogP) is 6.36. The van der Waals surface area contributed by atoms with Gasteiger partial charge in [0.1, 0.15) is 0 Å². The molecule has 0 spiro atoms. The highest BCUT2D eigenvalue weighted by Gasteiger charge is 2.59. The molecule has 1 heterocycles. The Morgan fingerprint density at radius 1 is 1.09 bits per heavy atom. The molecule has 180 valence electrons. The van der Waals surface area contributed by atoms with Crippen LogP contribution in [-0.4, -0.2) is 35.1 Å². The van der Waals surface area contributed by atoms with Crippen molar-refractivity contribution in [3.63, 3.8) is 0 Å². The Balaban J connectivity index is 1.25. The van der Waals surface area contributed by atoms with Crippen LogP contribution in [0.2, 0.25) is 0 Å². The van der Waals surface area contributed by atoms with Crippen LogP contribution in [0.25, 0.3) is 0 Å². The fourth-order valence-electron chi connectivity index (χ4n) is 9.47. The Kier molecular flexibility index (Phi) is 6.27. The Hall–Kier alpha value is -0.830. The second kappa shape index (κ2) is 8.75. The van der Waals surface area contributed by atoms with Crippen LogP contribution >= 0.6 is 0 Å². The molecule has 3 heteroatoms. The number of hydrogen-bond donors (Lipinski definition) is 1. The smallest absolute Gasteiger partial charge is 0.222 e. The summed E-state index contributed by atoms with van der Waals surface area (Å²) in [5.74, 6) is 4.37. The number of carbonyl (C=O) groups is 1. The number of aliphatic hydroxyl groups is 1. The molecule has 1 amide bonds. The quantitative estimate of drug-likeness (QED) is 0.516. The monoisotopic (exact) mass is 441 g/mol. The lowest BCUT2D eigenvalue weighted by Gasteiger charge is -2.58. The molecule has 1 unspecified atom stereocenters. The highest BCUT2D eigenvalue weighted by atomic mass is 16.3. The van der Waals surface area contributed by atoms with E-state index in [1.165, 1.54) is 57.8 Å². The number of rotatable bonds is 4. The summed E-state index contributed by atoms with van der Waals surface area (Å²) in [6.45, 7) is 9.60. The van der Waals surface area contributed by atoms with Gasteiger partial charge in [-0.25, -0.2) is 0 Å². The van der Waals surface area contributed by atoms with E-state index < -0.39 is 0 Å². The second-order valence-corrected chi connectivity index (χ2v) is 12.8. The van der Waals surface area contributed by atoms with E-state index in [4.69, 9.17) is 0 Å². The van der Waals surface area contributed by atoms with Crippen molar-refractivity contribution < 1.29 is 9.90 Å². The van der Waals surface area contributed by atoms with Crippen LogP contribution < -0.4 is 0 Å². The molecule has 0 aromatic rings. The Bertz CT molecular complexity index is 739. The van der Waals surface area contributed by atoms with Crippen molar-refractivity contribution in [2.24, 2.45) is 40.4 Å². The molecule has 3 nitrogen and oxygen atoms in total. The molecule has 1 N–H and O–H groups in total. The average Bonchev–Trinajstić information content (AvgIpc) is 3.15. The summed E-state index contributed by atoms with van der Waals surface area (Å²) in [7, 11) is 0. The van der Waals surface area contributed by atoms with E-state index in [0.717, 1.165) is 62.4 Å². The van der Waals surface area contributed by atoms with Crippen LogP contribution in [0.5, 0.6) is 0 Å². The standard InChI is InChI=1S/C29H47NO2/c1-20(7-12-27(32)30-17-5-4-6-18-30)24-10-11-25-23-9-8-21-19-22(31)13-15-28(21,2)26(23)14-16-29(24,25)3/h8,20,22-26,31H,4-7,9-19H2,1-3H3/t20?,22-,23-,24+,25-,26-,28-,29+/m0/s1. The summed E-state index contributed by atoms with van der Waals surface area (Å²) < 4.78 is 0. The van der Waals surface area contributed by atoms with Crippen molar-refractivity contribution in [2.45, 2.75) is 110 Å². The summed E-state index contributed by atoms with van der Waals surface area (Å²) >= 11 is 0. The Morgan fingerprint density at radius 3 is 2.66 bits per heavy atom. The summed E-state index contributed by atoms with van der Waals surface area (Å²) in [5, 5.41) is 10.3. The van der Waals surface area contributed by atoms with Gasteiger partial charge in [0, 0.05) is 19.5 Å². The minimum absolute atomic E-state index is 0.107. The lowest BCUT2D eigenvalue weighted by atomic mass is 9.47. The number of likely N-dealkylation sites (tertiary alicyclic amines) is 1. The highest BCUT2D eigenvalue weighted by Crippen LogP contribution is 2.67. The Labute approximate surface area is 196 Å². The zero-order valence-electron chi connectivity index (χ0n) is 21.0. The van der Waals surface area contributed by atoms with Crippen LogP contribution in [-0.2, 0) is 4.79 Å². The molecule has 0 aromatic carbocycles. The first-order valence-electron chi connectivity index (χ1n) is 14.0. The minimum Gasteiger partial charge on any atom is -0.393 e. The third-order valence-corrected chi connectivity index (χ3v) is 11.4. The van der Waals surface area contributed by atoms with E-state index in [0.29, 0.717) is 22.7 Å². The molecule has 0 bridgehead atoms. The zero-order chi connectivity index (χ0) is 22.5. The van der Waals surface area contributed by atoms with Crippen LogP contribution in [0.3, 0.4) is 0 Å².